The first-order valence-corrected chi connectivity index (χ1v) is 8.11. The average Bonchev–Trinajstić information content (AvgIpc) is 3.27. The highest BCUT2D eigenvalue weighted by Crippen LogP contribution is 2.26. The molecule has 1 unspecified atom stereocenters. The lowest BCUT2D eigenvalue weighted by Gasteiger charge is -2.17. The minimum absolute atomic E-state index is 0.0972. The predicted octanol–water partition coefficient (Wildman–Crippen LogP) is 2.05. The number of carbonyl (C=O) groups is 1. The maximum atomic E-state index is 12.7. The molecule has 24 heavy (non-hydrogen) atoms. The fourth-order valence-electron chi connectivity index (χ4n) is 3.30. The number of aromatic nitrogens is 4. The monoisotopic (exact) mass is 325 g/mol. The van der Waals surface area contributed by atoms with E-state index < -0.39 is 0 Å². The zero-order chi connectivity index (χ0) is 16.7. The van der Waals surface area contributed by atoms with Crippen LogP contribution in [0, 0.1) is 13.8 Å². The second kappa shape index (κ2) is 5.74. The molecule has 0 saturated carbocycles. The predicted molar refractivity (Wildman–Crippen MR) is 87.4 cm³/mol. The Hall–Kier alpha value is -2.70. The molecular formula is C17H19N5O2. The minimum Gasteiger partial charge on any atom is -0.340 e. The van der Waals surface area contributed by atoms with Crippen LogP contribution in [0.5, 0.6) is 0 Å². The summed E-state index contributed by atoms with van der Waals surface area (Å²) in [6, 6.07) is 7.89. The van der Waals surface area contributed by atoms with Crippen LogP contribution in [0.3, 0.4) is 0 Å². The third kappa shape index (κ3) is 2.55. The first-order chi connectivity index (χ1) is 11.6. The van der Waals surface area contributed by atoms with Crippen LogP contribution in [-0.4, -0.2) is 43.6 Å². The van der Waals surface area contributed by atoms with Crippen molar-refractivity contribution in [2.75, 3.05) is 13.1 Å². The average molecular weight is 325 g/mol. The Labute approximate surface area is 139 Å². The molecule has 1 atom stereocenters. The number of para-hydroxylation sites is 2. The molecule has 0 radical (unpaired) electrons. The highest BCUT2D eigenvalue weighted by atomic mass is 16.5. The van der Waals surface area contributed by atoms with Crippen molar-refractivity contribution in [2.24, 2.45) is 0 Å². The van der Waals surface area contributed by atoms with Crippen molar-refractivity contribution in [3.8, 4) is 0 Å². The van der Waals surface area contributed by atoms with E-state index in [1.54, 1.807) is 6.92 Å². The number of fused-ring (bicyclic) bond motifs is 1. The fourth-order valence-corrected chi connectivity index (χ4v) is 3.30. The number of imidazole rings is 1. The van der Waals surface area contributed by atoms with Crippen LogP contribution in [0.2, 0.25) is 0 Å². The maximum absolute atomic E-state index is 12.7. The van der Waals surface area contributed by atoms with Gasteiger partial charge < -0.3 is 14.0 Å². The van der Waals surface area contributed by atoms with Gasteiger partial charge in [0.1, 0.15) is 12.4 Å². The highest BCUT2D eigenvalue weighted by molar-refractivity contribution is 5.81. The summed E-state index contributed by atoms with van der Waals surface area (Å²) in [7, 11) is 0. The van der Waals surface area contributed by atoms with Crippen LogP contribution >= 0.6 is 0 Å². The Kier molecular flexibility index (Phi) is 3.55. The van der Waals surface area contributed by atoms with E-state index in [2.05, 4.69) is 15.1 Å². The molecule has 3 aromatic rings. The Morgan fingerprint density at radius 2 is 2.12 bits per heavy atom. The Bertz CT molecular complexity index is 897. The van der Waals surface area contributed by atoms with Crippen LogP contribution in [0.25, 0.3) is 11.0 Å². The zero-order valence-corrected chi connectivity index (χ0v) is 13.8. The number of rotatable bonds is 3. The summed E-state index contributed by atoms with van der Waals surface area (Å²) in [4.78, 5) is 23.4. The van der Waals surface area contributed by atoms with E-state index in [0.717, 1.165) is 29.8 Å². The largest absolute Gasteiger partial charge is 0.340 e. The van der Waals surface area contributed by atoms with E-state index in [0.29, 0.717) is 24.8 Å². The van der Waals surface area contributed by atoms with Gasteiger partial charge in [-0.1, -0.05) is 17.3 Å². The third-order valence-corrected chi connectivity index (χ3v) is 4.57. The van der Waals surface area contributed by atoms with Crippen molar-refractivity contribution in [3.05, 3.63) is 41.8 Å². The summed E-state index contributed by atoms with van der Waals surface area (Å²) in [5.41, 5.74) is 1.91. The smallest absolute Gasteiger partial charge is 0.242 e. The van der Waals surface area contributed by atoms with Gasteiger partial charge in [-0.25, -0.2) is 4.98 Å². The SMILES string of the molecule is Cc1noc(C2CCN(C(=O)Cn3c(C)nc4ccccc43)C2)n1. The fraction of sp³-hybridized carbons (Fsp3) is 0.412. The van der Waals surface area contributed by atoms with E-state index >= 15 is 0 Å². The number of carbonyl (C=O) groups excluding carboxylic acids is 1. The van der Waals surface area contributed by atoms with Gasteiger partial charge in [0.2, 0.25) is 11.8 Å². The van der Waals surface area contributed by atoms with Crippen LogP contribution in [0.1, 0.15) is 29.9 Å². The van der Waals surface area contributed by atoms with E-state index in [1.165, 1.54) is 0 Å². The van der Waals surface area contributed by atoms with E-state index in [9.17, 15) is 4.79 Å². The second-order valence-electron chi connectivity index (χ2n) is 6.24. The molecule has 1 aliphatic rings. The zero-order valence-electron chi connectivity index (χ0n) is 13.8. The summed E-state index contributed by atoms with van der Waals surface area (Å²) >= 11 is 0. The topological polar surface area (TPSA) is 77.0 Å². The van der Waals surface area contributed by atoms with Gasteiger partial charge in [0.05, 0.1) is 17.0 Å². The summed E-state index contributed by atoms with van der Waals surface area (Å²) in [5.74, 6) is 2.35. The molecule has 1 amide bonds. The van der Waals surface area contributed by atoms with Crippen molar-refractivity contribution in [2.45, 2.75) is 32.7 Å². The Morgan fingerprint density at radius 3 is 2.92 bits per heavy atom. The molecule has 7 nitrogen and oxygen atoms in total. The third-order valence-electron chi connectivity index (χ3n) is 4.57. The number of likely N-dealkylation sites (tertiary alicyclic amines) is 1. The molecule has 0 spiro atoms. The molecule has 0 aliphatic carbocycles. The van der Waals surface area contributed by atoms with Gasteiger partial charge in [0, 0.05) is 13.1 Å². The molecule has 1 aromatic carbocycles. The lowest BCUT2D eigenvalue weighted by molar-refractivity contribution is -0.130. The molecule has 3 heterocycles. The van der Waals surface area contributed by atoms with Crippen LogP contribution in [0.4, 0.5) is 0 Å². The van der Waals surface area contributed by atoms with E-state index in [4.69, 9.17) is 4.52 Å². The Balaban J connectivity index is 1.49. The maximum Gasteiger partial charge on any atom is 0.242 e. The van der Waals surface area contributed by atoms with Crippen molar-refractivity contribution < 1.29 is 9.32 Å². The standard InChI is InChI=1S/C17H19N5O2/c1-11-18-17(24-20-11)13-7-8-21(9-13)16(23)10-22-12(2)19-14-5-3-4-6-15(14)22/h3-6,13H,7-10H2,1-2H3. The molecule has 0 bridgehead atoms. The summed E-state index contributed by atoms with van der Waals surface area (Å²) in [5, 5.41) is 3.84. The van der Waals surface area contributed by atoms with Gasteiger partial charge in [-0.3, -0.25) is 4.79 Å². The van der Waals surface area contributed by atoms with Gasteiger partial charge in [-0.15, -0.1) is 0 Å². The molecule has 0 N–H and O–H groups in total. The van der Waals surface area contributed by atoms with Gasteiger partial charge in [-0.2, -0.15) is 4.98 Å². The van der Waals surface area contributed by atoms with Crippen molar-refractivity contribution >= 4 is 16.9 Å². The highest BCUT2D eigenvalue weighted by Gasteiger charge is 2.31. The number of hydrogen-bond donors (Lipinski definition) is 0. The van der Waals surface area contributed by atoms with Gasteiger partial charge >= 0.3 is 0 Å². The minimum atomic E-state index is 0.0972. The van der Waals surface area contributed by atoms with Gasteiger partial charge in [0.15, 0.2) is 5.82 Å². The first-order valence-electron chi connectivity index (χ1n) is 8.11. The molecule has 7 heteroatoms. The molecule has 1 fully saturated rings. The molecule has 1 saturated heterocycles. The van der Waals surface area contributed by atoms with E-state index in [-0.39, 0.29) is 11.8 Å². The molecule has 1 aliphatic heterocycles. The van der Waals surface area contributed by atoms with Gasteiger partial charge in [-0.05, 0) is 32.4 Å². The first kappa shape index (κ1) is 14.9. The molecule has 4 rings (SSSR count). The van der Waals surface area contributed by atoms with Crippen LogP contribution < -0.4 is 0 Å². The molecular weight excluding hydrogens is 306 g/mol. The van der Waals surface area contributed by atoms with Crippen molar-refractivity contribution in [3.63, 3.8) is 0 Å². The Morgan fingerprint density at radius 1 is 1.29 bits per heavy atom. The van der Waals surface area contributed by atoms with Crippen LogP contribution in [-0.2, 0) is 11.3 Å². The van der Waals surface area contributed by atoms with Crippen LogP contribution in [0.15, 0.2) is 28.8 Å². The summed E-state index contributed by atoms with van der Waals surface area (Å²) in [6.45, 7) is 5.39. The number of nitrogens with zero attached hydrogens (tertiary/aromatic N) is 5. The number of aryl methyl sites for hydroxylation is 2. The summed E-state index contributed by atoms with van der Waals surface area (Å²) < 4.78 is 7.22. The normalized spacial score (nSPS) is 17.8. The quantitative estimate of drug-likeness (QED) is 0.736. The molecule has 2 aromatic heterocycles. The van der Waals surface area contributed by atoms with E-state index in [1.807, 2.05) is 40.7 Å². The van der Waals surface area contributed by atoms with Crippen molar-refractivity contribution in [1.29, 1.82) is 0 Å². The number of benzene rings is 1. The van der Waals surface area contributed by atoms with Gasteiger partial charge in [0.25, 0.3) is 0 Å². The lowest BCUT2D eigenvalue weighted by Crippen LogP contribution is -2.32. The number of hydrogen-bond acceptors (Lipinski definition) is 5. The van der Waals surface area contributed by atoms with Crippen molar-refractivity contribution in [1.82, 2.24) is 24.6 Å². The summed E-state index contributed by atoms with van der Waals surface area (Å²) in [6.07, 6.45) is 0.858. The molecule has 124 valence electrons. The second-order valence-corrected chi connectivity index (χ2v) is 6.24. The number of amides is 1. The lowest BCUT2D eigenvalue weighted by atomic mass is 10.1.